The van der Waals surface area contributed by atoms with Gasteiger partial charge in [-0.25, -0.2) is 0 Å². The van der Waals surface area contributed by atoms with Crippen LogP contribution >= 0.6 is 0 Å². The van der Waals surface area contributed by atoms with Gasteiger partial charge >= 0.3 is 0 Å². The molecule has 5 heteroatoms. The molecule has 0 saturated heterocycles. The average molecular weight is 321 g/mol. The first-order valence-electron chi connectivity index (χ1n) is 8.45. The van der Waals surface area contributed by atoms with Crippen molar-refractivity contribution >= 4 is 5.96 Å². The average Bonchev–Trinajstić information content (AvgIpc) is 2.58. The van der Waals surface area contributed by atoms with Gasteiger partial charge in [0.15, 0.2) is 5.96 Å². The Labute approximate surface area is 140 Å². The first-order valence-corrected chi connectivity index (χ1v) is 8.45. The molecule has 130 valence electrons. The van der Waals surface area contributed by atoms with Gasteiger partial charge in [0, 0.05) is 33.9 Å². The minimum Gasteiger partial charge on any atom is -0.494 e. The van der Waals surface area contributed by atoms with E-state index in [4.69, 9.17) is 9.47 Å². The highest BCUT2D eigenvalue weighted by molar-refractivity contribution is 5.79. The molecule has 23 heavy (non-hydrogen) atoms. The number of nitrogens with one attached hydrogen (secondary N) is 2. The number of hydrogen-bond donors (Lipinski definition) is 2. The second-order valence-electron chi connectivity index (χ2n) is 5.37. The van der Waals surface area contributed by atoms with Crippen molar-refractivity contribution in [3.63, 3.8) is 0 Å². The fraction of sp³-hybridized carbons (Fsp3) is 0.611. The van der Waals surface area contributed by atoms with Crippen LogP contribution in [0.2, 0.25) is 0 Å². The lowest BCUT2D eigenvalue weighted by atomic mass is 10.1. The zero-order valence-corrected chi connectivity index (χ0v) is 14.7. The molecule has 0 heterocycles. The lowest BCUT2D eigenvalue weighted by molar-refractivity contribution is 0.195. The Balaban J connectivity index is 2.23. The third-order valence-corrected chi connectivity index (χ3v) is 3.44. The number of ether oxygens (including phenoxy) is 2. The van der Waals surface area contributed by atoms with Gasteiger partial charge in [0.2, 0.25) is 0 Å². The molecule has 1 aromatic rings. The molecule has 0 aromatic heterocycles. The molecule has 0 aliphatic carbocycles. The van der Waals surface area contributed by atoms with E-state index >= 15 is 0 Å². The zero-order chi connectivity index (χ0) is 16.8. The van der Waals surface area contributed by atoms with Crippen LogP contribution in [-0.4, -0.2) is 46.4 Å². The van der Waals surface area contributed by atoms with Crippen molar-refractivity contribution < 1.29 is 9.47 Å². The molecule has 0 aliphatic rings. The number of aliphatic imine (C=N–C) groups is 1. The number of methoxy groups -OCH3 is 1. The molecule has 1 aromatic carbocycles. The molecule has 1 rings (SSSR count). The maximum Gasteiger partial charge on any atom is 0.190 e. The smallest absolute Gasteiger partial charge is 0.190 e. The molecule has 0 atom stereocenters. The maximum absolute atomic E-state index is 5.67. The van der Waals surface area contributed by atoms with Gasteiger partial charge in [-0.2, -0.15) is 0 Å². The summed E-state index contributed by atoms with van der Waals surface area (Å²) in [6.07, 6.45) is 4.18. The largest absolute Gasteiger partial charge is 0.494 e. The van der Waals surface area contributed by atoms with E-state index in [1.807, 2.05) is 12.1 Å². The molecule has 0 aliphatic heterocycles. The van der Waals surface area contributed by atoms with Gasteiger partial charge in [-0.05, 0) is 37.0 Å². The fourth-order valence-electron chi connectivity index (χ4n) is 2.06. The van der Waals surface area contributed by atoms with Gasteiger partial charge in [0.25, 0.3) is 0 Å². The topological polar surface area (TPSA) is 54.9 Å². The van der Waals surface area contributed by atoms with Gasteiger partial charge in [0.1, 0.15) is 5.75 Å². The van der Waals surface area contributed by atoms with Crippen LogP contribution in [0.1, 0.15) is 31.7 Å². The molecule has 0 bridgehead atoms. The maximum atomic E-state index is 5.67. The first-order chi connectivity index (χ1) is 11.3. The quantitative estimate of drug-likeness (QED) is 0.374. The van der Waals surface area contributed by atoms with E-state index in [9.17, 15) is 0 Å². The second kappa shape index (κ2) is 12.8. The lowest BCUT2D eigenvalue weighted by Gasteiger charge is -2.12. The Morgan fingerprint density at radius 1 is 1.04 bits per heavy atom. The summed E-state index contributed by atoms with van der Waals surface area (Å²) >= 11 is 0. The zero-order valence-electron chi connectivity index (χ0n) is 14.7. The summed E-state index contributed by atoms with van der Waals surface area (Å²) in [7, 11) is 3.50. The first kappa shape index (κ1) is 19.3. The Morgan fingerprint density at radius 3 is 2.43 bits per heavy atom. The number of benzene rings is 1. The molecule has 0 radical (unpaired) electrons. The van der Waals surface area contributed by atoms with Gasteiger partial charge in [-0.1, -0.05) is 25.5 Å². The molecule has 0 amide bonds. The van der Waals surface area contributed by atoms with Gasteiger partial charge in [-0.15, -0.1) is 0 Å². The van der Waals surface area contributed by atoms with Gasteiger partial charge in [0.05, 0.1) is 6.61 Å². The Kier molecular flexibility index (Phi) is 10.7. The van der Waals surface area contributed by atoms with Crippen molar-refractivity contribution in [2.75, 3.05) is 40.5 Å². The third kappa shape index (κ3) is 9.08. The van der Waals surface area contributed by atoms with E-state index in [0.29, 0.717) is 0 Å². The number of unbranched alkanes of at least 4 members (excludes halogenated alkanes) is 1. The summed E-state index contributed by atoms with van der Waals surface area (Å²) < 4.78 is 10.7. The molecule has 0 spiro atoms. The Morgan fingerprint density at radius 2 is 1.78 bits per heavy atom. The molecular formula is C18H31N3O2. The van der Waals surface area contributed by atoms with Crippen molar-refractivity contribution in [3.05, 3.63) is 29.8 Å². The van der Waals surface area contributed by atoms with Crippen LogP contribution in [0.25, 0.3) is 0 Å². The van der Waals surface area contributed by atoms with Crippen LogP contribution < -0.4 is 15.4 Å². The molecule has 0 unspecified atom stereocenters. The minimum absolute atomic E-state index is 0.761. The summed E-state index contributed by atoms with van der Waals surface area (Å²) in [5, 5.41) is 6.59. The van der Waals surface area contributed by atoms with Crippen LogP contribution in [0.5, 0.6) is 5.75 Å². The number of rotatable bonds is 11. The predicted molar refractivity (Wildman–Crippen MR) is 96.4 cm³/mol. The summed E-state index contributed by atoms with van der Waals surface area (Å²) in [5.41, 5.74) is 1.29. The normalized spacial score (nSPS) is 11.3. The molecule has 0 fully saturated rings. The fourth-order valence-corrected chi connectivity index (χ4v) is 2.06. The highest BCUT2D eigenvalue weighted by Gasteiger charge is 1.99. The third-order valence-electron chi connectivity index (χ3n) is 3.44. The number of nitrogens with zero attached hydrogens (tertiary/aromatic N) is 1. The Hall–Kier alpha value is -1.75. The highest BCUT2D eigenvalue weighted by Crippen LogP contribution is 2.12. The standard InChI is InChI=1S/C18H31N3O2/c1-4-5-15-23-17-9-7-16(8-10-17)11-13-21-18(19-2)20-12-6-14-22-3/h7-10H,4-6,11-15H2,1-3H3,(H2,19,20,21). The van der Waals surface area contributed by atoms with E-state index in [-0.39, 0.29) is 0 Å². The van der Waals surface area contributed by atoms with Gasteiger partial charge in [-0.3, -0.25) is 4.99 Å². The van der Waals surface area contributed by atoms with E-state index in [1.54, 1.807) is 14.2 Å². The highest BCUT2D eigenvalue weighted by atomic mass is 16.5. The van der Waals surface area contributed by atoms with Crippen LogP contribution in [0.3, 0.4) is 0 Å². The molecule has 0 saturated carbocycles. The summed E-state index contributed by atoms with van der Waals surface area (Å²) in [4.78, 5) is 4.21. The van der Waals surface area contributed by atoms with E-state index in [1.165, 1.54) is 5.56 Å². The van der Waals surface area contributed by atoms with Crippen molar-refractivity contribution in [2.45, 2.75) is 32.6 Å². The van der Waals surface area contributed by atoms with E-state index < -0.39 is 0 Å². The second-order valence-corrected chi connectivity index (χ2v) is 5.37. The lowest BCUT2D eigenvalue weighted by Crippen LogP contribution is -2.38. The minimum atomic E-state index is 0.761. The molecular weight excluding hydrogens is 290 g/mol. The van der Waals surface area contributed by atoms with E-state index in [0.717, 1.165) is 63.7 Å². The summed E-state index contributed by atoms with van der Waals surface area (Å²) in [6.45, 7) is 5.43. The summed E-state index contributed by atoms with van der Waals surface area (Å²) in [6, 6.07) is 8.33. The van der Waals surface area contributed by atoms with Gasteiger partial charge < -0.3 is 20.1 Å². The van der Waals surface area contributed by atoms with Crippen LogP contribution in [0, 0.1) is 0 Å². The van der Waals surface area contributed by atoms with E-state index in [2.05, 4.69) is 34.7 Å². The van der Waals surface area contributed by atoms with Crippen LogP contribution in [-0.2, 0) is 11.2 Å². The SMILES string of the molecule is CCCCOc1ccc(CCNC(=NC)NCCCOC)cc1. The number of hydrogen-bond acceptors (Lipinski definition) is 3. The van der Waals surface area contributed by atoms with Crippen molar-refractivity contribution in [3.8, 4) is 5.75 Å². The van der Waals surface area contributed by atoms with Crippen LogP contribution in [0.4, 0.5) is 0 Å². The van der Waals surface area contributed by atoms with Crippen molar-refractivity contribution in [1.82, 2.24) is 10.6 Å². The summed E-state index contributed by atoms with van der Waals surface area (Å²) in [5.74, 6) is 1.78. The van der Waals surface area contributed by atoms with Crippen molar-refractivity contribution in [2.24, 2.45) is 4.99 Å². The monoisotopic (exact) mass is 321 g/mol. The molecule has 2 N–H and O–H groups in total. The molecule has 5 nitrogen and oxygen atoms in total. The van der Waals surface area contributed by atoms with Crippen molar-refractivity contribution in [1.29, 1.82) is 0 Å². The predicted octanol–water partition coefficient (Wildman–Crippen LogP) is 2.61. The number of guanidine groups is 1. The van der Waals surface area contributed by atoms with Crippen LogP contribution in [0.15, 0.2) is 29.3 Å². The Bertz CT molecular complexity index is 432.